The molecule has 1 aliphatic rings. The van der Waals surface area contributed by atoms with Crippen LogP contribution in [0.2, 0.25) is 0 Å². The summed E-state index contributed by atoms with van der Waals surface area (Å²) in [6.45, 7) is 1.67. The second-order valence-electron chi connectivity index (χ2n) is 4.94. The Morgan fingerprint density at radius 2 is 2.06 bits per heavy atom. The molecule has 0 saturated carbocycles. The molecule has 1 atom stereocenters. The number of fused-ring (bicyclic) bond motifs is 1. The van der Waals surface area contributed by atoms with Crippen molar-refractivity contribution in [2.75, 3.05) is 6.54 Å². The highest BCUT2D eigenvalue weighted by molar-refractivity contribution is 5.16. The summed E-state index contributed by atoms with van der Waals surface area (Å²) in [4.78, 5) is 0. The maximum Gasteiger partial charge on any atom is 0.134 e. The van der Waals surface area contributed by atoms with E-state index in [1.54, 1.807) is 0 Å². The molecular formula is C14H18N4. The minimum atomic E-state index is 0.640. The molecule has 1 unspecified atom stereocenters. The highest BCUT2D eigenvalue weighted by atomic mass is 15.3. The van der Waals surface area contributed by atoms with E-state index in [0.717, 1.165) is 37.5 Å². The van der Waals surface area contributed by atoms with Crippen molar-refractivity contribution < 1.29 is 0 Å². The molecule has 0 spiro atoms. The number of hydrogen-bond acceptors (Lipinski definition) is 3. The minimum absolute atomic E-state index is 0.640. The second kappa shape index (κ2) is 4.90. The first kappa shape index (κ1) is 11.4. The third-order valence-corrected chi connectivity index (χ3v) is 3.55. The van der Waals surface area contributed by atoms with Gasteiger partial charge >= 0.3 is 0 Å². The predicted molar refractivity (Wildman–Crippen MR) is 70.1 cm³/mol. The third-order valence-electron chi connectivity index (χ3n) is 3.55. The lowest BCUT2D eigenvalue weighted by atomic mass is 9.98. The molecule has 4 heteroatoms. The average Bonchev–Trinajstić information content (AvgIpc) is 2.93. The average molecular weight is 242 g/mol. The van der Waals surface area contributed by atoms with Crippen LogP contribution in [0, 0.1) is 5.92 Å². The maximum atomic E-state index is 5.59. The van der Waals surface area contributed by atoms with Gasteiger partial charge in [-0.25, -0.2) is 0 Å². The van der Waals surface area contributed by atoms with Crippen LogP contribution in [0.15, 0.2) is 30.3 Å². The predicted octanol–water partition coefficient (Wildman–Crippen LogP) is 1.19. The summed E-state index contributed by atoms with van der Waals surface area (Å²) < 4.78 is 2.25. The van der Waals surface area contributed by atoms with Crippen molar-refractivity contribution in [2.45, 2.75) is 25.8 Å². The Labute approximate surface area is 107 Å². The lowest BCUT2D eigenvalue weighted by Crippen LogP contribution is -2.12. The molecule has 0 fully saturated rings. The molecule has 4 nitrogen and oxygen atoms in total. The molecule has 0 amide bonds. The Bertz CT molecular complexity index is 518. The van der Waals surface area contributed by atoms with Crippen LogP contribution in [-0.4, -0.2) is 21.3 Å². The van der Waals surface area contributed by atoms with Gasteiger partial charge in [0.15, 0.2) is 0 Å². The first-order valence-corrected chi connectivity index (χ1v) is 6.51. The van der Waals surface area contributed by atoms with E-state index in [1.165, 1.54) is 5.56 Å². The molecule has 0 bridgehead atoms. The maximum absolute atomic E-state index is 5.59. The molecule has 2 heterocycles. The van der Waals surface area contributed by atoms with E-state index < -0.39 is 0 Å². The molecule has 0 aliphatic carbocycles. The van der Waals surface area contributed by atoms with Crippen molar-refractivity contribution in [3.05, 3.63) is 47.5 Å². The molecule has 2 N–H and O–H groups in total. The monoisotopic (exact) mass is 242 g/mol. The summed E-state index contributed by atoms with van der Waals surface area (Å²) in [6, 6.07) is 10.7. The molecular weight excluding hydrogens is 224 g/mol. The van der Waals surface area contributed by atoms with Gasteiger partial charge in [0, 0.05) is 19.4 Å². The summed E-state index contributed by atoms with van der Waals surface area (Å²) in [5, 5.41) is 8.47. The molecule has 0 radical (unpaired) electrons. The Morgan fingerprint density at radius 3 is 2.83 bits per heavy atom. The van der Waals surface area contributed by atoms with E-state index in [1.807, 2.05) is 0 Å². The van der Waals surface area contributed by atoms with E-state index in [-0.39, 0.29) is 0 Å². The molecule has 94 valence electrons. The van der Waals surface area contributed by atoms with Gasteiger partial charge in [0.05, 0.1) is 0 Å². The Kier molecular flexibility index (Phi) is 3.11. The first-order chi connectivity index (χ1) is 8.86. The minimum Gasteiger partial charge on any atom is -0.330 e. The van der Waals surface area contributed by atoms with Crippen LogP contribution in [0.4, 0.5) is 0 Å². The van der Waals surface area contributed by atoms with Gasteiger partial charge in [0.25, 0.3) is 0 Å². The summed E-state index contributed by atoms with van der Waals surface area (Å²) in [5.74, 6) is 2.82. The van der Waals surface area contributed by atoms with Crippen molar-refractivity contribution >= 4 is 0 Å². The van der Waals surface area contributed by atoms with E-state index in [0.29, 0.717) is 12.5 Å². The van der Waals surface area contributed by atoms with Crippen LogP contribution >= 0.6 is 0 Å². The fourth-order valence-corrected chi connectivity index (χ4v) is 2.71. The zero-order valence-electron chi connectivity index (χ0n) is 10.4. The van der Waals surface area contributed by atoms with Crippen LogP contribution < -0.4 is 5.73 Å². The summed E-state index contributed by atoms with van der Waals surface area (Å²) >= 11 is 0. The topological polar surface area (TPSA) is 56.7 Å². The molecule has 1 aromatic heterocycles. The normalized spacial score (nSPS) is 17.9. The Balaban J connectivity index is 1.69. The van der Waals surface area contributed by atoms with Crippen LogP contribution in [0.5, 0.6) is 0 Å². The fourth-order valence-electron chi connectivity index (χ4n) is 2.71. The highest BCUT2D eigenvalue weighted by Crippen LogP contribution is 2.23. The van der Waals surface area contributed by atoms with Gasteiger partial charge in [-0.3, -0.25) is 0 Å². The third kappa shape index (κ3) is 2.16. The van der Waals surface area contributed by atoms with Gasteiger partial charge < -0.3 is 10.3 Å². The van der Waals surface area contributed by atoms with Gasteiger partial charge in [-0.15, -0.1) is 10.2 Å². The molecule has 3 rings (SSSR count). The number of hydrogen-bond donors (Lipinski definition) is 1. The van der Waals surface area contributed by atoms with Crippen molar-refractivity contribution in [3.8, 4) is 0 Å². The number of nitrogens with zero attached hydrogens (tertiary/aromatic N) is 3. The lowest BCUT2D eigenvalue weighted by Gasteiger charge is -2.09. The Hall–Kier alpha value is -1.68. The fraction of sp³-hybridized carbons (Fsp3) is 0.429. The number of nitrogens with two attached hydrogens (primary N) is 1. The van der Waals surface area contributed by atoms with Gasteiger partial charge in [-0.1, -0.05) is 30.3 Å². The second-order valence-corrected chi connectivity index (χ2v) is 4.94. The quantitative estimate of drug-likeness (QED) is 0.876. The van der Waals surface area contributed by atoms with E-state index in [9.17, 15) is 0 Å². The zero-order chi connectivity index (χ0) is 12.4. The van der Waals surface area contributed by atoms with Crippen molar-refractivity contribution in [3.63, 3.8) is 0 Å². The molecule has 2 aromatic rings. The molecule has 1 aliphatic heterocycles. The molecule has 1 aromatic carbocycles. The van der Waals surface area contributed by atoms with E-state index >= 15 is 0 Å². The van der Waals surface area contributed by atoms with Gasteiger partial charge in [0.2, 0.25) is 0 Å². The van der Waals surface area contributed by atoms with Gasteiger partial charge in [0.1, 0.15) is 11.6 Å². The standard InChI is InChI=1S/C14H18N4/c15-7-6-13-16-17-14-9-12(10-18(13)14)8-11-4-2-1-3-5-11/h1-5,12H,6-10,15H2. The van der Waals surface area contributed by atoms with Gasteiger partial charge in [-0.05, 0) is 24.4 Å². The van der Waals surface area contributed by atoms with Crippen LogP contribution in [-0.2, 0) is 25.8 Å². The van der Waals surface area contributed by atoms with Crippen LogP contribution in [0.1, 0.15) is 17.2 Å². The molecule has 0 saturated heterocycles. The van der Waals surface area contributed by atoms with E-state index in [4.69, 9.17) is 5.73 Å². The number of aromatic nitrogens is 3. The van der Waals surface area contributed by atoms with Crippen LogP contribution in [0.25, 0.3) is 0 Å². The van der Waals surface area contributed by atoms with Crippen LogP contribution in [0.3, 0.4) is 0 Å². The lowest BCUT2D eigenvalue weighted by molar-refractivity contribution is 0.496. The SMILES string of the molecule is NCCc1nnc2n1CC(Cc1ccccc1)C2. The summed E-state index contributed by atoms with van der Waals surface area (Å²) in [7, 11) is 0. The van der Waals surface area contributed by atoms with Crippen molar-refractivity contribution in [2.24, 2.45) is 11.7 Å². The van der Waals surface area contributed by atoms with Gasteiger partial charge in [-0.2, -0.15) is 0 Å². The smallest absolute Gasteiger partial charge is 0.134 e. The highest BCUT2D eigenvalue weighted by Gasteiger charge is 2.25. The molecule has 18 heavy (non-hydrogen) atoms. The Morgan fingerprint density at radius 1 is 1.22 bits per heavy atom. The first-order valence-electron chi connectivity index (χ1n) is 6.51. The summed E-state index contributed by atoms with van der Waals surface area (Å²) in [6.07, 6.45) is 2.98. The van der Waals surface area contributed by atoms with E-state index in [2.05, 4.69) is 45.1 Å². The number of rotatable bonds is 4. The summed E-state index contributed by atoms with van der Waals surface area (Å²) in [5.41, 5.74) is 7.00. The number of benzene rings is 1. The largest absolute Gasteiger partial charge is 0.330 e. The van der Waals surface area contributed by atoms with Crippen molar-refractivity contribution in [1.29, 1.82) is 0 Å². The van der Waals surface area contributed by atoms with Crippen molar-refractivity contribution in [1.82, 2.24) is 14.8 Å². The zero-order valence-corrected chi connectivity index (χ0v) is 10.4.